The highest BCUT2D eigenvalue weighted by Gasteiger charge is 2.44. The number of aromatic nitrogens is 3. The summed E-state index contributed by atoms with van der Waals surface area (Å²) in [5, 5.41) is 4.18. The molecule has 2 fully saturated rings. The van der Waals surface area contributed by atoms with Gasteiger partial charge in [0.15, 0.2) is 0 Å². The molecule has 3 aromatic carbocycles. The number of benzene rings is 3. The van der Waals surface area contributed by atoms with Crippen LogP contribution in [0.3, 0.4) is 0 Å². The molecule has 236 valence electrons. The molecular formula is C34H37F2N5O4. The summed E-state index contributed by atoms with van der Waals surface area (Å²) in [6.45, 7) is 8.69. The Labute approximate surface area is 261 Å². The van der Waals surface area contributed by atoms with E-state index in [4.69, 9.17) is 14.2 Å². The van der Waals surface area contributed by atoms with Gasteiger partial charge in [0.2, 0.25) is 0 Å². The lowest BCUT2D eigenvalue weighted by Gasteiger charge is -2.37. The van der Waals surface area contributed by atoms with Crippen molar-refractivity contribution >= 4 is 17.3 Å². The molecule has 45 heavy (non-hydrogen) atoms. The first-order valence-electron chi connectivity index (χ1n) is 15.3. The molecule has 0 aliphatic carbocycles. The van der Waals surface area contributed by atoms with E-state index in [2.05, 4.69) is 32.0 Å². The summed E-state index contributed by atoms with van der Waals surface area (Å²) in [4.78, 5) is 20.6. The van der Waals surface area contributed by atoms with Gasteiger partial charge >= 0.3 is 5.97 Å². The summed E-state index contributed by atoms with van der Waals surface area (Å²) in [5.74, 6) is -0.786. The number of aryl methyl sites for hydroxylation is 1. The Bertz CT molecular complexity index is 1610. The minimum absolute atomic E-state index is 0.00325. The molecule has 0 N–H and O–H groups in total. The van der Waals surface area contributed by atoms with Crippen LogP contribution in [0.4, 0.5) is 20.2 Å². The Morgan fingerprint density at radius 3 is 2.40 bits per heavy atom. The fraction of sp³-hybridized carbons (Fsp3) is 0.382. The zero-order valence-corrected chi connectivity index (χ0v) is 25.5. The topological polar surface area (TPSA) is 82.0 Å². The summed E-state index contributed by atoms with van der Waals surface area (Å²) in [6.07, 6.45) is 3.47. The van der Waals surface area contributed by atoms with E-state index in [-0.39, 0.29) is 18.4 Å². The highest BCUT2D eigenvalue weighted by Crippen LogP contribution is 2.42. The van der Waals surface area contributed by atoms with Gasteiger partial charge in [-0.25, -0.2) is 23.2 Å². The van der Waals surface area contributed by atoms with Crippen LogP contribution >= 0.6 is 0 Å². The third-order valence-corrected chi connectivity index (χ3v) is 8.54. The lowest BCUT2D eigenvalue weighted by Crippen LogP contribution is -2.46. The van der Waals surface area contributed by atoms with Crippen LogP contribution in [0.1, 0.15) is 34.8 Å². The molecule has 2 atom stereocenters. The Kier molecular flexibility index (Phi) is 8.97. The van der Waals surface area contributed by atoms with Gasteiger partial charge in [0, 0.05) is 55.1 Å². The Hall–Kier alpha value is -4.51. The quantitative estimate of drug-likeness (QED) is 0.220. The van der Waals surface area contributed by atoms with Crippen molar-refractivity contribution in [1.29, 1.82) is 0 Å². The van der Waals surface area contributed by atoms with Crippen LogP contribution in [0.2, 0.25) is 0 Å². The lowest BCUT2D eigenvalue weighted by atomic mass is 9.87. The second-order valence-corrected chi connectivity index (χ2v) is 11.6. The molecule has 2 saturated heterocycles. The molecule has 1 unspecified atom stereocenters. The van der Waals surface area contributed by atoms with Crippen molar-refractivity contribution < 1.29 is 27.8 Å². The predicted octanol–water partition coefficient (Wildman–Crippen LogP) is 5.38. The first-order chi connectivity index (χ1) is 21.8. The standard InChI is InChI=1S/C34H37F2N5O4/c1-3-43-33(42)26-4-7-28(8-5-26)39-12-14-40(15-13-39)29-9-11-32(24(2)16-29)44-19-25-18-34(45-20-25,21-41-23-37-22-38-41)30-10-6-27(35)17-31(30)36/h4-11,16-17,22-23,25H,3,12-15,18-21H2,1-2H3/t25?,34-/m0/s1. The van der Waals surface area contributed by atoms with Crippen LogP contribution in [0.5, 0.6) is 5.75 Å². The van der Waals surface area contributed by atoms with E-state index in [9.17, 15) is 13.6 Å². The van der Waals surface area contributed by atoms with Crippen LogP contribution in [0.15, 0.2) is 73.3 Å². The van der Waals surface area contributed by atoms with Gasteiger partial charge in [0.1, 0.15) is 35.6 Å². The van der Waals surface area contributed by atoms with Crippen LogP contribution < -0.4 is 14.5 Å². The predicted molar refractivity (Wildman–Crippen MR) is 166 cm³/mol. The highest BCUT2D eigenvalue weighted by atomic mass is 19.1. The summed E-state index contributed by atoms with van der Waals surface area (Å²) >= 11 is 0. The van der Waals surface area contributed by atoms with Gasteiger partial charge in [0.05, 0.1) is 31.9 Å². The Morgan fingerprint density at radius 1 is 1.00 bits per heavy atom. The molecule has 0 spiro atoms. The van der Waals surface area contributed by atoms with Gasteiger partial charge in [-0.3, -0.25) is 0 Å². The average Bonchev–Trinajstić information content (AvgIpc) is 3.71. The van der Waals surface area contributed by atoms with E-state index in [1.54, 1.807) is 17.9 Å². The molecular weight excluding hydrogens is 580 g/mol. The molecule has 2 aliphatic heterocycles. The van der Waals surface area contributed by atoms with Gasteiger partial charge in [-0.05, 0) is 74.4 Å². The van der Waals surface area contributed by atoms with Crippen molar-refractivity contribution in [3.63, 3.8) is 0 Å². The third kappa shape index (κ3) is 6.78. The van der Waals surface area contributed by atoms with Gasteiger partial charge in [-0.1, -0.05) is 6.07 Å². The summed E-state index contributed by atoms with van der Waals surface area (Å²) in [6, 6.07) is 17.4. The van der Waals surface area contributed by atoms with Crippen LogP contribution in [0.25, 0.3) is 0 Å². The molecule has 0 bridgehead atoms. The van der Waals surface area contributed by atoms with Crippen LogP contribution in [-0.2, 0) is 21.6 Å². The molecule has 0 saturated carbocycles. The van der Waals surface area contributed by atoms with Crippen molar-refractivity contribution in [3.8, 4) is 5.75 Å². The zero-order chi connectivity index (χ0) is 31.4. The van der Waals surface area contributed by atoms with Crippen molar-refractivity contribution in [1.82, 2.24) is 14.8 Å². The van der Waals surface area contributed by atoms with Gasteiger partial charge < -0.3 is 24.0 Å². The van der Waals surface area contributed by atoms with Gasteiger partial charge in [-0.2, -0.15) is 5.10 Å². The van der Waals surface area contributed by atoms with E-state index in [1.165, 1.54) is 18.5 Å². The van der Waals surface area contributed by atoms with Gasteiger partial charge in [0.25, 0.3) is 0 Å². The summed E-state index contributed by atoms with van der Waals surface area (Å²) < 4.78 is 47.9. The van der Waals surface area contributed by atoms with E-state index in [0.717, 1.165) is 54.9 Å². The first kappa shape index (κ1) is 30.5. The number of carbonyl (C=O) groups excluding carboxylic acids is 1. The van der Waals surface area contributed by atoms with E-state index in [1.807, 2.05) is 37.3 Å². The zero-order valence-electron chi connectivity index (χ0n) is 25.5. The molecule has 9 nitrogen and oxygen atoms in total. The number of piperazine rings is 1. The summed E-state index contributed by atoms with van der Waals surface area (Å²) in [7, 11) is 0. The number of hydrogen-bond acceptors (Lipinski definition) is 8. The maximum atomic E-state index is 15.0. The monoisotopic (exact) mass is 617 g/mol. The number of nitrogens with zero attached hydrogens (tertiary/aromatic N) is 5. The van der Waals surface area contributed by atoms with Crippen molar-refractivity contribution in [3.05, 3.63) is 102 Å². The fourth-order valence-corrected chi connectivity index (χ4v) is 6.23. The fourth-order valence-electron chi connectivity index (χ4n) is 6.23. The molecule has 2 aliphatic rings. The van der Waals surface area contributed by atoms with E-state index >= 15 is 0 Å². The van der Waals surface area contributed by atoms with Crippen LogP contribution in [0, 0.1) is 24.5 Å². The number of hydrogen-bond donors (Lipinski definition) is 0. The molecule has 0 radical (unpaired) electrons. The number of anilines is 2. The largest absolute Gasteiger partial charge is 0.493 e. The molecule has 11 heteroatoms. The molecule has 4 aromatic rings. The minimum atomic E-state index is -1.01. The number of rotatable bonds is 10. The third-order valence-electron chi connectivity index (χ3n) is 8.54. The average molecular weight is 618 g/mol. The normalized spacial score (nSPS) is 20.0. The van der Waals surface area contributed by atoms with Crippen LogP contribution in [-0.4, -0.2) is 66.7 Å². The highest BCUT2D eigenvalue weighted by molar-refractivity contribution is 5.89. The Balaban J connectivity index is 1.05. The van der Waals surface area contributed by atoms with E-state index in [0.29, 0.717) is 37.4 Å². The summed E-state index contributed by atoms with van der Waals surface area (Å²) in [5.41, 5.74) is 3.11. The Morgan fingerprint density at radius 2 is 1.73 bits per heavy atom. The molecule has 0 amide bonds. The first-order valence-corrected chi connectivity index (χ1v) is 15.3. The van der Waals surface area contributed by atoms with Crippen molar-refractivity contribution in [2.45, 2.75) is 32.4 Å². The van der Waals surface area contributed by atoms with Crippen molar-refractivity contribution in [2.24, 2.45) is 5.92 Å². The minimum Gasteiger partial charge on any atom is -0.493 e. The van der Waals surface area contributed by atoms with Gasteiger partial charge in [-0.15, -0.1) is 0 Å². The molecule has 1 aromatic heterocycles. The van der Waals surface area contributed by atoms with E-state index < -0.39 is 17.2 Å². The number of ether oxygens (including phenoxy) is 3. The number of halogens is 2. The van der Waals surface area contributed by atoms with Crippen molar-refractivity contribution in [2.75, 3.05) is 55.8 Å². The maximum absolute atomic E-state index is 15.0. The smallest absolute Gasteiger partial charge is 0.338 e. The second kappa shape index (κ2) is 13.2. The maximum Gasteiger partial charge on any atom is 0.338 e. The molecule has 6 rings (SSSR count). The second-order valence-electron chi connectivity index (χ2n) is 11.6. The number of esters is 1. The SMILES string of the molecule is CCOC(=O)c1ccc(N2CCN(c3ccc(OCC4CO[C@@](Cn5cncn5)(c5ccc(F)cc5F)C4)c(C)c3)CC2)cc1. The lowest BCUT2D eigenvalue weighted by molar-refractivity contribution is -0.0206. The number of carbonyl (C=O) groups is 1. The molecule has 3 heterocycles.